The summed E-state index contributed by atoms with van der Waals surface area (Å²) in [7, 11) is 0. The molecule has 0 aromatic heterocycles. The summed E-state index contributed by atoms with van der Waals surface area (Å²) in [6.45, 7) is 5.48. The third-order valence-corrected chi connectivity index (χ3v) is 2.68. The Morgan fingerprint density at radius 1 is 1.26 bits per heavy atom. The number of benzene rings is 1. The molecule has 0 radical (unpaired) electrons. The molecule has 0 aliphatic heterocycles. The van der Waals surface area contributed by atoms with Crippen LogP contribution in [0.1, 0.15) is 31.1 Å². The summed E-state index contributed by atoms with van der Waals surface area (Å²) >= 11 is 0. The lowest BCUT2D eigenvalue weighted by Gasteiger charge is -2.26. The highest BCUT2D eigenvalue weighted by atomic mass is 16.3. The summed E-state index contributed by atoms with van der Waals surface area (Å²) in [5.41, 5.74) is 1.19. The molecular formula is C14H20N2O3. The summed E-state index contributed by atoms with van der Waals surface area (Å²) in [5.74, 6) is -0.276. The molecule has 5 nitrogen and oxygen atoms in total. The maximum Gasteiger partial charge on any atom is 0.254 e. The fraction of sp³-hybridized carbons (Fsp3) is 0.429. The maximum atomic E-state index is 12.2. The van der Waals surface area contributed by atoms with Crippen molar-refractivity contribution in [3.05, 3.63) is 29.8 Å². The molecule has 1 rings (SSSR count). The molecule has 19 heavy (non-hydrogen) atoms. The van der Waals surface area contributed by atoms with Crippen LogP contribution in [0.15, 0.2) is 24.3 Å². The molecule has 1 aromatic carbocycles. The second kappa shape index (κ2) is 6.89. The fourth-order valence-electron chi connectivity index (χ4n) is 1.77. The normalized spacial score (nSPS) is 10.4. The van der Waals surface area contributed by atoms with E-state index in [2.05, 4.69) is 5.32 Å². The first kappa shape index (κ1) is 15.2. The van der Waals surface area contributed by atoms with E-state index in [0.717, 1.165) is 0 Å². The SMILES string of the molecule is CC(=O)Nc1ccc(C(=O)N(CCO)C(C)C)cc1. The average molecular weight is 264 g/mol. The van der Waals surface area contributed by atoms with Gasteiger partial charge in [-0.15, -0.1) is 0 Å². The van der Waals surface area contributed by atoms with E-state index in [1.165, 1.54) is 6.92 Å². The van der Waals surface area contributed by atoms with Crippen molar-refractivity contribution in [2.24, 2.45) is 0 Å². The Balaban J connectivity index is 2.84. The van der Waals surface area contributed by atoms with E-state index in [1.807, 2.05) is 13.8 Å². The van der Waals surface area contributed by atoms with Crippen molar-refractivity contribution in [3.63, 3.8) is 0 Å². The molecule has 0 spiro atoms. The minimum Gasteiger partial charge on any atom is -0.395 e. The van der Waals surface area contributed by atoms with E-state index < -0.39 is 0 Å². The van der Waals surface area contributed by atoms with Gasteiger partial charge in [-0.3, -0.25) is 9.59 Å². The molecule has 0 unspecified atom stereocenters. The molecule has 0 bridgehead atoms. The van der Waals surface area contributed by atoms with Crippen LogP contribution in [0.2, 0.25) is 0 Å². The first-order valence-corrected chi connectivity index (χ1v) is 6.25. The number of hydrogen-bond donors (Lipinski definition) is 2. The van der Waals surface area contributed by atoms with Crippen molar-refractivity contribution in [2.75, 3.05) is 18.5 Å². The number of carbonyl (C=O) groups excluding carboxylic acids is 2. The fourth-order valence-corrected chi connectivity index (χ4v) is 1.77. The zero-order chi connectivity index (χ0) is 14.4. The standard InChI is InChI=1S/C14H20N2O3/c1-10(2)16(8-9-17)14(19)12-4-6-13(7-5-12)15-11(3)18/h4-7,10,17H,8-9H2,1-3H3,(H,15,18). The van der Waals surface area contributed by atoms with Crippen LogP contribution in [0.4, 0.5) is 5.69 Å². The Hall–Kier alpha value is -1.88. The number of aliphatic hydroxyl groups is 1. The highest BCUT2D eigenvalue weighted by Gasteiger charge is 2.17. The molecule has 2 amide bonds. The number of amides is 2. The second-order valence-electron chi connectivity index (χ2n) is 4.57. The minimum atomic E-state index is -0.150. The van der Waals surface area contributed by atoms with E-state index in [1.54, 1.807) is 29.2 Å². The summed E-state index contributed by atoms with van der Waals surface area (Å²) in [6.07, 6.45) is 0. The van der Waals surface area contributed by atoms with Gasteiger partial charge in [0.1, 0.15) is 0 Å². The van der Waals surface area contributed by atoms with Crippen LogP contribution in [-0.4, -0.2) is 41.0 Å². The van der Waals surface area contributed by atoms with E-state index in [0.29, 0.717) is 17.8 Å². The van der Waals surface area contributed by atoms with E-state index in [4.69, 9.17) is 5.11 Å². The molecule has 0 fully saturated rings. The molecular weight excluding hydrogens is 244 g/mol. The number of rotatable bonds is 5. The number of anilines is 1. The molecule has 5 heteroatoms. The Labute approximate surface area is 113 Å². The summed E-state index contributed by atoms with van der Waals surface area (Å²) in [6, 6.07) is 6.73. The van der Waals surface area contributed by atoms with Gasteiger partial charge in [0.2, 0.25) is 5.91 Å². The van der Waals surface area contributed by atoms with Crippen LogP contribution < -0.4 is 5.32 Å². The zero-order valence-corrected chi connectivity index (χ0v) is 11.5. The second-order valence-corrected chi connectivity index (χ2v) is 4.57. The van der Waals surface area contributed by atoms with Gasteiger partial charge < -0.3 is 15.3 Å². The summed E-state index contributed by atoms with van der Waals surface area (Å²) < 4.78 is 0. The zero-order valence-electron chi connectivity index (χ0n) is 11.5. The molecule has 2 N–H and O–H groups in total. The Bertz CT molecular complexity index is 441. The third kappa shape index (κ3) is 4.37. The van der Waals surface area contributed by atoms with Crippen molar-refractivity contribution in [3.8, 4) is 0 Å². The Morgan fingerprint density at radius 3 is 2.26 bits per heavy atom. The van der Waals surface area contributed by atoms with Gasteiger partial charge >= 0.3 is 0 Å². The summed E-state index contributed by atoms with van der Waals surface area (Å²) in [5, 5.41) is 11.6. The van der Waals surface area contributed by atoms with Crippen LogP contribution in [0.5, 0.6) is 0 Å². The average Bonchev–Trinajstić information content (AvgIpc) is 2.35. The van der Waals surface area contributed by atoms with Crippen molar-refractivity contribution in [1.29, 1.82) is 0 Å². The third-order valence-electron chi connectivity index (χ3n) is 2.68. The van der Waals surface area contributed by atoms with Gasteiger partial charge in [-0.1, -0.05) is 0 Å². The number of nitrogens with zero attached hydrogens (tertiary/aromatic N) is 1. The molecule has 0 saturated heterocycles. The van der Waals surface area contributed by atoms with E-state index >= 15 is 0 Å². The largest absolute Gasteiger partial charge is 0.395 e. The molecule has 0 heterocycles. The smallest absolute Gasteiger partial charge is 0.254 e. The Kier molecular flexibility index (Phi) is 5.51. The lowest BCUT2D eigenvalue weighted by atomic mass is 10.1. The van der Waals surface area contributed by atoms with Crippen molar-refractivity contribution in [2.45, 2.75) is 26.8 Å². The summed E-state index contributed by atoms with van der Waals surface area (Å²) in [4.78, 5) is 24.7. The molecule has 1 aromatic rings. The molecule has 0 aliphatic rings. The van der Waals surface area contributed by atoms with Crippen LogP contribution in [0.25, 0.3) is 0 Å². The predicted octanol–water partition coefficient (Wildman–Crippen LogP) is 1.49. The number of carbonyl (C=O) groups is 2. The van der Waals surface area contributed by atoms with Gasteiger partial charge in [0.25, 0.3) is 5.91 Å². The quantitative estimate of drug-likeness (QED) is 0.846. The first-order chi connectivity index (χ1) is 8.95. The molecule has 0 aliphatic carbocycles. The van der Waals surface area contributed by atoms with Crippen LogP contribution in [0, 0.1) is 0 Å². The van der Waals surface area contributed by atoms with Gasteiger partial charge in [-0.05, 0) is 38.1 Å². The van der Waals surface area contributed by atoms with E-state index in [9.17, 15) is 9.59 Å². The van der Waals surface area contributed by atoms with Crippen LogP contribution in [-0.2, 0) is 4.79 Å². The van der Waals surface area contributed by atoms with Crippen molar-refractivity contribution < 1.29 is 14.7 Å². The Morgan fingerprint density at radius 2 is 1.84 bits per heavy atom. The number of nitrogens with one attached hydrogen (secondary N) is 1. The molecule has 0 saturated carbocycles. The lowest BCUT2D eigenvalue weighted by Crippen LogP contribution is -2.38. The topological polar surface area (TPSA) is 69.6 Å². The van der Waals surface area contributed by atoms with Crippen LogP contribution >= 0.6 is 0 Å². The highest BCUT2D eigenvalue weighted by molar-refractivity contribution is 5.95. The maximum absolute atomic E-state index is 12.2. The van der Waals surface area contributed by atoms with Gasteiger partial charge in [-0.25, -0.2) is 0 Å². The first-order valence-electron chi connectivity index (χ1n) is 6.25. The van der Waals surface area contributed by atoms with Crippen molar-refractivity contribution >= 4 is 17.5 Å². The number of aliphatic hydroxyl groups excluding tert-OH is 1. The number of hydrogen-bond acceptors (Lipinski definition) is 3. The van der Waals surface area contributed by atoms with Gasteiger partial charge in [0.05, 0.1) is 6.61 Å². The van der Waals surface area contributed by atoms with E-state index in [-0.39, 0.29) is 24.5 Å². The highest BCUT2D eigenvalue weighted by Crippen LogP contribution is 2.13. The van der Waals surface area contributed by atoms with Gasteiger partial charge in [0.15, 0.2) is 0 Å². The minimum absolute atomic E-state index is 0.0228. The lowest BCUT2D eigenvalue weighted by molar-refractivity contribution is -0.114. The monoisotopic (exact) mass is 264 g/mol. The van der Waals surface area contributed by atoms with Gasteiger partial charge in [0, 0.05) is 30.8 Å². The molecule has 0 atom stereocenters. The predicted molar refractivity (Wildman–Crippen MR) is 74.0 cm³/mol. The molecule has 104 valence electrons. The van der Waals surface area contributed by atoms with Gasteiger partial charge in [-0.2, -0.15) is 0 Å². The van der Waals surface area contributed by atoms with Crippen molar-refractivity contribution in [1.82, 2.24) is 4.90 Å². The van der Waals surface area contributed by atoms with Crippen LogP contribution in [0.3, 0.4) is 0 Å².